The first-order valence-corrected chi connectivity index (χ1v) is 11.6. The van der Waals surface area contributed by atoms with Crippen molar-refractivity contribution in [3.8, 4) is 0 Å². The van der Waals surface area contributed by atoms with Gasteiger partial charge in [0.1, 0.15) is 11.0 Å². The van der Waals surface area contributed by atoms with Crippen LogP contribution in [-0.4, -0.2) is 23.6 Å². The summed E-state index contributed by atoms with van der Waals surface area (Å²) in [6.45, 7) is -0.585. The van der Waals surface area contributed by atoms with Gasteiger partial charge >= 0.3 is 5.97 Å². The predicted molar refractivity (Wildman–Crippen MR) is 118 cm³/mol. The van der Waals surface area contributed by atoms with Crippen LogP contribution in [0.2, 0.25) is 0 Å². The smallest absolute Gasteiger partial charge is 0.320 e. The summed E-state index contributed by atoms with van der Waals surface area (Å²) in [4.78, 5) is 25.3. The number of halogens is 1. The summed E-state index contributed by atoms with van der Waals surface area (Å²) in [5.74, 6) is -1.92. The molecule has 0 spiro atoms. The molecule has 0 atom stereocenters. The number of carbonyl (C=O) groups excluding carboxylic acids is 2. The lowest BCUT2D eigenvalue weighted by Crippen LogP contribution is -2.36. The van der Waals surface area contributed by atoms with Gasteiger partial charge in [-0.3, -0.25) is 9.59 Å². The van der Waals surface area contributed by atoms with E-state index < -0.39 is 36.6 Å². The number of anilines is 1. The summed E-state index contributed by atoms with van der Waals surface area (Å²) in [6, 6.07) is 23.5. The summed E-state index contributed by atoms with van der Waals surface area (Å²) < 4.78 is 33.5. The first kappa shape index (κ1) is 21.0. The van der Waals surface area contributed by atoms with Crippen molar-refractivity contribution in [2.24, 2.45) is 0 Å². The molecule has 4 rings (SSSR count). The van der Waals surface area contributed by atoms with Crippen molar-refractivity contribution in [1.29, 1.82) is 0 Å². The lowest BCUT2D eigenvalue weighted by Gasteiger charge is -2.27. The number of para-hydroxylation sites is 1. The van der Waals surface area contributed by atoms with E-state index in [1.807, 2.05) is 12.1 Å². The molecule has 0 unspecified atom stereocenters. The topological polar surface area (TPSA) is 72.5 Å². The molecule has 1 fully saturated rings. The van der Waals surface area contributed by atoms with E-state index in [1.165, 1.54) is 18.2 Å². The van der Waals surface area contributed by atoms with Crippen LogP contribution in [0.4, 0.5) is 10.1 Å². The second-order valence-electron chi connectivity index (χ2n) is 7.42. The van der Waals surface area contributed by atoms with Crippen LogP contribution in [-0.2, 0) is 18.9 Å². The van der Waals surface area contributed by atoms with Gasteiger partial charge in [0.2, 0.25) is 0 Å². The molecule has 5 nitrogen and oxygen atoms in total. The fourth-order valence-corrected chi connectivity index (χ4v) is 7.23. The molecule has 3 aromatic carbocycles. The van der Waals surface area contributed by atoms with Gasteiger partial charge < -0.3 is 14.6 Å². The summed E-state index contributed by atoms with van der Waals surface area (Å²) >= 11 is 0. The highest BCUT2D eigenvalue weighted by Gasteiger charge is 2.65. The van der Waals surface area contributed by atoms with Crippen LogP contribution in [0.5, 0.6) is 0 Å². The molecule has 0 radical (unpaired) electrons. The molecule has 0 aliphatic heterocycles. The quantitative estimate of drug-likeness (QED) is 0.450. The van der Waals surface area contributed by atoms with E-state index >= 15 is 0 Å². The Morgan fingerprint density at radius 1 is 0.871 bits per heavy atom. The molecule has 31 heavy (non-hydrogen) atoms. The Kier molecular flexibility index (Phi) is 5.75. The van der Waals surface area contributed by atoms with Crippen LogP contribution < -0.4 is 15.9 Å². The molecule has 0 heterocycles. The molecule has 0 aromatic heterocycles. The van der Waals surface area contributed by atoms with Crippen LogP contribution in [0.3, 0.4) is 0 Å². The molecule has 0 saturated heterocycles. The average Bonchev–Trinajstić information content (AvgIpc) is 3.62. The predicted octanol–water partition coefficient (Wildman–Crippen LogP) is 3.85. The van der Waals surface area contributed by atoms with Gasteiger partial charge in [-0.2, -0.15) is 0 Å². The minimum atomic E-state index is -3.37. The molecule has 1 amide bonds. The normalized spacial score (nSPS) is 14.5. The van der Waals surface area contributed by atoms with E-state index in [0.29, 0.717) is 23.5 Å². The molecule has 1 N–H and O–H groups in total. The second kappa shape index (κ2) is 8.48. The van der Waals surface area contributed by atoms with Crippen LogP contribution in [0.15, 0.2) is 84.9 Å². The van der Waals surface area contributed by atoms with Crippen LogP contribution in [0.1, 0.15) is 12.8 Å². The number of esters is 1. The summed E-state index contributed by atoms with van der Waals surface area (Å²) in [6.07, 6.45) is 0.809. The third-order valence-electron chi connectivity index (χ3n) is 5.43. The van der Waals surface area contributed by atoms with Gasteiger partial charge in [0.05, 0.1) is 5.69 Å². The SMILES string of the molecule is O=C(COC(=O)C1(P(=O)(c2ccccc2)c2ccccc2)CC1)Nc1ccccc1F. The third kappa shape index (κ3) is 3.91. The summed E-state index contributed by atoms with van der Waals surface area (Å²) in [5.41, 5.74) is 0.00364. The first-order valence-electron chi connectivity index (χ1n) is 9.90. The number of ether oxygens (including phenoxy) is 1. The van der Waals surface area contributed by atoms with Crippen molar-refractivity contribution < 1.29 is 23.3 Å². The number of hydrogen-bond donors (Lipinski definition) is 1. The van der Waals surface area contributed by atoms with Crippen molar-refractivity contribution in [2.75, 3.05) is 11.9 Å². The highest BCUT2D eigenvalue weighted by Crippen LogP contribution is 2.68. The van der Waals surface area contributed by atoms with Gasteiger partial charge in [0.15, 0.2) is 13.7 Å². The Morgan fingerprint density at radius 3 is 1.90 bits per heavy atom. The Balaban J connectivity index is 1.56. The molecular formula is C24H21FNO4P. The second-order valence-corrected chi connectivity index (χ2v) is 10.5. The maximum absolute atomic E-state index is 14.5. The third-order valence-corrected chi connectivity index (χ3v) is 9.31. The molecule has 7 heteroatoms. The number of nitrogens with one attached hydrogen (secondary N) is 1. The molecule has 0 bridgehead atoms. The standard InChI is InChI=1S/C24H21FNO4P/c25-20-13-7-8-14-21(20)26-22(27)17-30-23(28)24(15-16-24)31(29,18-9-3-1-4-10-18)19-11-5-2-6-12-19/h1-14H,15-17H2,(H,26,27). The van der Waals surface area contributed by atoms with Crippen molar-refractivity contribution in [2.45, 2.75) is 18.0 Å². The van der Waals surface area contributed by atoms with Crippen molar-refractivity contribution >= 4 is 35.3 Å². The number of amides is 1. The fraction of sp³-hybridized carbons (Fsp3) is 0.167. The highest BCUT2D eigenvalue weighted by molar-refractivity contribution is 7.81. The molecule has 158 valence electrons. The van der Waals surface area contributed by atoms with Crippen molar-refractivity contribution in [3.63, 3.8) is 0 Å². The molecule has 1 aliphatic rings. The highest BCUT2D eigenvalue weighted by atomic mass is 31.2. The first-order chi connectivity index (χ1) is 15.0. The van der Waals surface area contributed by atoms with Crippen molar-refractivity contribution in [3.05, 3.63) is 90.7 Å². The molecule has 3 aromatic rings. The monoisotopic (exact) mass is 437 g/mol. The van der Waals surface area contributed by atoms with E-state index in [0.717, 1.165) is 0 Å². The van der Waals surface area contributed by atoms with Gasteiger partial charge in [-0.05, 0) is 25.0 Å². The molecule has 1 saturated carbocycles. The number of rotatable bonds is 7. The van der Waals surface area contributed by atoms with E-state index in [-0.39, 0.29) is 5.69 Å². The zero-order valence-corrected chi connectivity index (χ0v) is 17.6. The Morgan fingerprint density at radius 2 is 1.39 bits per heavy atom. The fourth-order valence-electron chi connectivity index (χ4n) is 3.70. The van der Waals surface area contributed by atoms with Crippen LogP contribution in [0.25, 0.3) is 0 Å². The van der Waals surface area contributed by atoms with Gasteiger partial charge in [-0.25, -0.2) is 4.39 Å². The largest absolute Gasteiger partial charge is 0.455 e. The zero-order chi connectivity index (χ0) is 21.9. The zero-order valence-electron chi connectivity index (χ0n) is 16.7. The van der Waals surface area contributed by atoms with E-state index in [2.05, 4.69) is 5.32 Å². The Bertz CT molecular complexity index is 1100. The number of carbonyl (C=O) groups is 2. The lowest BCUT2D eigenvalue weighted by atomic mass is 10.3. The minimum Gasteiger partial charge on any atom is -0.455 e. The van der Waals surface area contributed by atoms with Gasteiger partial charge in [0.25, 0.3) is 5.91 Å². The maximum atomic E-state index is 14.5. The lowest BCUT2D eigenvalue weighted by molar-refractivity contribution is -0.147. The maximum Gasteiger partial charge on any atom is 0.320 e. The van der Waals surface area contributed by atoms with Crippen molar-refractivity contribution in [1.82, 2.24) is 0 Å². The van der Waals surface area contributed by atoms with Crippen LogP contribution >= 0.6 is 7.14 Å². The summed E-state index contributed by atoms with van der Waals surface area (Å²) in [7, 11) is -3.37. The Hall–Kier alpha value is -3.24. The molecule has 1 aliphatic carbocycles. The van der Waals surface area contributed by atoms with E-state index in [9.17, 15) is 18.5 Å². The van der Waals surface area contributed by atoms with Gasteiger partial charge in [0, 0.05) is 10.6 Å². The van der Waals surface area contributed by atoms with E-state index in [1.54, 1.807) is 54.6 Å². The average molecular weight is 437 g/mol. The number of hydrogen-bond acceptors (Lipinski definition) is 4. The minimum absolute atomic E-state index is 0.00364. The van der Waals surface area contributed by atoms with Gasteiger partial charge in [-0.1, -0.05) is 72.8 Å². The molecular weight excluding hydrogens is 416 g/mol. The summed E-state index contributed by atoms with van der Waals surface area (Å²) in [5, 5.41) is 2.33. The van der Waals surface area contributed by atoms with Crippen LogP contribution in [0, 0.1) is 5.82 Å². The number of benzene rings is 3. The van der Waals surface area contributed by atoms with Gasteiger partial charge in [-0.15, -0.1) is 0 Å². The van der Waals surface area contributed by atoms with E-state index in [4.69, 9.17) is 4.74 Å². The Labute approximate surface area is 179 Å².